The molecule has 1 aromatic heterocycles. The Kier molecular flexibility index (Phi) is 5.07. The molecule has 1 heterocycles. The number of hydrogen-bond donors (Lipinski definition) is 3. The van der Waals surface area contributed by atoms with Gasteiger partial charge in [0, 0.05) is 17.8 Å². The van der Waals surface area contributed by atoms with E-state index >= 15 is 0 Å². The summed E-state index contributed by atoms with van der Waals surface area (Å²) in [5, 5.41) is 6.22. The number of ketones is 1. The second-order valence-corrected chi connectivity index (χ2v) is 5.72. The Labute approximate surface area is 150 Å². The lowest BCUT2D eigenvalue weighted by atomic mass is 10.1. The van der Waals surface area contributed by atoms with Crippen molar-refractivity contribution in [2.75, 3.05) is 16.4 Å². The van der Waals surface area contributed by atoms with Crippen molar-refractivity contribution < 1.29 is 9.18 Å². The highest BCUT2D eigenvalue weighted by molar-refractivity contribution is 5.94. The van der Waals surface area contributed by atoms with Gasteiger partial charge >= 0.3 is 0 Å². The molecule has 26 heavy (non-hydrogen) atoms. The van der Waals surface area contributed by atoms with Gasteiger partial charge in [-0.3, -0.25) is 4.79 Å². The number of Topliss-reactive ketones (excluding diaryl/α,β-unsaturated/α-hetero) is 1. The van der Waals surface area contributed by atoms with E-state index in [4.69, 9.17) is 5.73 Å². The zero-order valence-electron chi connectivity index (χ0n) is 14.2. The fraction of sp³-hybridized carbons (Fsp3) is 0.105. The van der Waals surface area contributed by atoms with Crippen molar-refractivity contribution in [3.63, 3.8) is 0 Å². The Morgan fingerprint density at radius 3 is 2.35 bits per heavy atom. The summed E-state index contributed by atoms with van der Waals surface area (Å²) in [6.45, 7) is 1.97. The molecule has 0 amide bonds. The first kappa shape index (κ1) is 17.3. The predicted molar refractivity (Wildman–Crippen MR) is 99.9 cm³/mol. The van der Waals surface area contributed by atoms with Crippen LogP contribution in [0.25, 0.3) is 0 Å². The number of carbonyl (C=O) groups is 1. The molecule has 0 atom stereocenters. The Morgan fingerprint density at radius 1 is 1.04 bits per heavy atom. The van der Waals surface area contributed by atoms with Gasteiger partial charge in [0.05, 0.1) is 0 Å². The summed E-state index contributed by atoms with van der Waals surface area (Å²) in [6, 6.07) is 13.2. The van der Waals surface area contributed by atoms with Crippen LogP contribution >= 0.6 is 0 Å². The number of nitrogens with zero attached hydrogens (tertiary/aromatic N) is 2. The summed E-state index contributed by atoms with van der Waals surface area (Å²) in [5.74, 6) is 0.660. The molecule has 132 valence electrons. The number of aromatic nitrogens is 2. The molecular weight excluding hydrogens is 333 g/mol. The molecule has 2 aromatic carbocycles. The minimum atomic E-state index is -0.280. The summed E-state index contributed by atoms with van der Waals surface area (Å²) >= 11 is 0. The van der Waals surface area contributed by atoms with Crippen LogP contribution < -0.4 is 16.4 Å². The molecule has 0 bridgehead atoms. The summed E-state index contributed by atoms with van der Waals surface area (Å²) in [6.07, 6.45) is 1.40. The van der Waals surface area contributed by atoms with Crippen molar-refractivity contribution in [1.29, 1.82) is 0 Å². The number of nitrogens with one attached hydrogen (secondary N) is 2. The minimum absolute atomic E-state index is 0.00498. The molecule has 6 nitrogen and oxygen atoms in total. The van der Waals surface area contributed by atoms with E-state index in [2.05, 4.69) is 20.6 Å². The van der Waals surface area contributed by atoms with Crippen LogP contribution in [0.5, 0.6) is 0 Å². The molecule has 0 aliphatic carbocycles. The lowest BCUT2D eigenvalue weighted by Gasteiger charge is -2.13. The van der Waals surface area contributed by atoms with Gasteiger partial charge in [0.15, 0.2) is 17.4 Å². The summed E-state index contributed by atoms with van der Waals surface area (Å²) in [7, 11) is 0. The average molecular weight is 351 g/mol. The molecule has 7 heteroatoms. The van der Waals surface area contributed by atoms with Crippen molar-refractivity contribution in [2.24, 2.45) is 0 Å². The van der Waals surface area contributed by atoms with Gasteiger partial charge in [-0.1, -0.05) is 12.1 Å². The largest absolute Gasteiger partial charge is 0.393 e. The van der Waals surface area contributed by atoms with Crippen molar-refractivity contribution in [1.82, 2.24) is 9.97 Å². The van der Waals surface area contributed by atoms with E-state index in [0.29, 0.717) is 29.4 Å². The van der Waals surface area contributed by atoms with E-state index in [9.17, 15) is 9.18 Å². The highest BCUT2D eigenvalue weighted by Gasteiger charge is 2.09. The van der Waals surface area contributed by atoms with E-state index in [1.165, 1.54) is 25.4 Å². The lowest BCUT2D eigenvalue weighted by molar-refractivity contribution is 0.101. The van der Waals surface area contributed by atoms with Crippen LogP contribution in [0, 0.1) is 5.82 Å². The maximum atomic E-state index is 13.0. The van der Waals surface area contributed by atoms with Crippen LogP contribution in [0.2, 0.25) is 0 Å². The first-order valence-corrected chi connectivity index (χ1v) is 8.00. The molecule has 3 aromatic rings. The van der Waals surface area contributed by atoms with Gasteiger partial charge < -0.3 is 16.4 Å². The fourth-order valence-corrected chi connectivity index (χ4v) is 2.35. The highest BCUT2D eigenvalue weighted by atomic mass is 19.1. The number of hydrogen-bond acceptors (Lipinski definition) is 6. The van der Waals surface area contributed by atoms with E-state index < -0.39 is 0 Å². The lowest BCUT2D eigenvalue weighted by Crippen LogP contribution is -2.08. The number of anilines is 4. The van der Waals surface area contributed by atoms with E-state index in [1.54, 1.807) is 36.4 Å². The molecule has 3 rings (SSSR count). The van der Waals surface area contributed by atoms with Gasteiger partial charge in [0.1, 0.15) is 17.8 Å². The second kappa shape index (κ2) is 7.60. The Morgan fingerprint density at radius 2 is 1.69 bits per heavy atom. The third-order valence-electron chi connectivity index (χ3n) is 3.81. The number of halogens is 1. The van der Waals surface area contributed by atoms with Gasteiger partial charge in [0.2, 0.25) is 0 Å². The van der Waals surface area contributed by atoms with Crippen LogP contribution in [-0.2, 0) is 6.54 Å². The monoisotopic (exact) mass is 351 g/mol. The SMILES string of the molecule is CC(=O)c1ccc(Nc2ncnc(NCc3ccc(F)cc3)c2N)cc1. The second-order valence-electron chi connectivity index (χ2n) is 5.72. The molecule has 0 saturated heterocycles. The van der Waals surface area contributed by atoms with Gasteiger partial charge in [-0.2, -0.15) is 0 Å². The van der Waals surface area contributed by atoms with E-state index in [0.717, 1.165) is 11.3 Å². The smallest absolute Gasteiger partial charge is 0.159 e. The fourth-order valence-electron chi connectivity index (χ4n) is 2.35. The van der Waals surface area contributed by atoms with Crippen LogP contribution in [-0.4, -0.2) is 15.8 Å². The standard InChI is InChI=1S/C19H18FN5O/c1-12(26)14-4-8-16(9-5-14)25-19-17(21)18(23-11-24-19)22-10-13-2-6-15(20)7-3-13/h2-9,11H,10,21H2,1H3,(H2,22,23,24,25). The Hall–Kier alpha value is -3.48. The quantitative estimate of drug-likeness (QED) is 0.586. The third-order valence-corrected chi connectivity index (χ3v) is 3.81. The summed E-state index contributed by atoms with van der Waals surface area (Å²) in [4.78, 5) is 19.6. The maximum Gasteiger partial charge on any atom is 0.159 e. The highest BCUT2D eigenvalue weighted by Crippen LogP contribution is 2.26. The number of rotatable bonds is 6. The van der Waals surface area contributed by atoms with Crippen molar-refractivity contribution >= 4 is 28.8 Å². The van der Waals surface area contributed by atoms with Crippen molar-refractivity contribution in [3.05, 3.63) is 71.8 Å². The Bertz CT molecular complexity index is 910. The maximum absolute atomic E-state index is 13.0. The minimum Gasteiger partial charge on any atom is -0.393 e. The molecular formula is C19H18FN5O. The number of benzene rings is 2. The first-order chi connectivity index (χ1) is 12.5. The molecule has 0 unspecified atom stereocenters. The molecule has 0 fully saturated rings. The zero-order chi connectivity index (χ0) is 18.5. The van der Waals surface area contributed by atoms with Crippen LogP contribution in [0.3, 0.4) is 0 Å². The van der Waals surface area contributed by atoms with Gasteiger partial charge in [0.25, 0.3) is 0 Å². The third kappa shape index (κ3) is 4.13. The molecule has 0 radical (unpaired) electrons. The van der Waals surface area contributed by atoms with Crippen LogP contribution in [0.4, 0.5) is 27.4 Å². The van der Waals surface area contributed by atoms with Gasteiger partial charge in [-0.15, -0.1) is 0 Å². The normalized spacial score (nSPS) is 10.4. The average Bonchev–Trinajstić information content (AvgIpc) is 2.64. The number of nitrogen functional groups attached to an aromatic ring is 1. The molecule has 0 aliphatic rings. The number of carbonyl (C=O) groups excluding carboxylic acids is 1. The summed E-state index contributed by atoms with van der Waals surface area (Å²) in [5.41, 5.74) is 8.79. The van der Waals surface area contributed by atoms with Gasteiger partial charge in [-0.25, -0.2) is 14.4 Å². The van der Waals surface area contributed by atoms with Crippen molar-refractivity contribution in [3.8, 4) is 0 Å². The molecule has 0 saturated carbocycles. The van der Waals surface area contributed by atoms with Crippen LogP contribution in [0.1, 0.15) is 22.8 Å². The van der Waals surface area contributed by atoms with Gasteiger partial charge in [-0.05, 0) is 48.9 Å². The van der Waals surface area contributed by atoms with Crippen LogP contribution in [0.15, 0.2) is 54.9 Å². The predicted octanol–water partition coefficient (Wildman–Crippen LogP) is 3.76. The van der Waals surface area contributed by atoms with E-state index in [-0.39, 0.29) is 11.6 Å². The van der Waals surface area contributed by atoms with Crippen molar-refractivity contribution in [2.45, 2.75) is 13.5 Å². The molecule has 4 N–H and O–H groups in total. The summed E-state index contributed by atoms with van der Waals surface area (Å²) < 4.78 is 13.0. The molecule has 0 spiro atoms. The molecule has 0 aliphatic heterocycles. The topological polar surface area (TPSA) is 92.9 Å². The Balaban J connectivity index is 1.72. The van der Waals surface area contributed by atoms with E-state index in [1.807, 2.05) is 0 Å². The zero-order valence-corrected chi connectivity index (χ0v) is 14.2. The first-order valence-electron chi connectivity index (χ1n) is 8.00. The number of nitrogens with two attached hydrogens (primary N) is 1.